The van der Waals surface area contributed by atoms with Gasteiger partial charge in [-0.15, -0.1) is 0 Å². The number of rotatable bonds is 4. The molecule has 0 saturated carbocycles. The van der Waals surface area contributed by atoms with E-state index in [0.29, 0.717) is 33.6 Å². The van der Waals surface area contributed by atoms with Crippen molar-refractivity contribution in [3.05, 3.63) is 83.1 Å². The van der Waals surface area contributed by atoms with Gasteiger partial charge in [0.05, 0.1) is 13.4 Å². The molecule has 0 bridgehead atoms. The summed E-state index contributed by atoms with van der Waals surface area (Å²) in [7, 11) is 1.56. The molecule has 0 aliphatic carbocycles. The second-order valence-corrected chi connectivity index (χ2v) is 6.49. The van der Waals surface area contributed by atoms with E-state index in [1.165, 1.54) is 24.5 Å². The molecule has 0 saturated heterocycles. The van der Waals surface area contributed by atoms with Crippen molar-refractivity contribution in [1.29, 1.82) is 0 Å². The molecule has 0 fully saturated rings. The van der Waals surface area contributed by atoms with Crippen LogP contribution in [0.4, 0.5) is 0 Å². The SMILES string of the molecule is COc1cccc2cc(-c3cc(=O)oc4ccc(OC(=O)c5ccco5)cc34)oc12. The van der Waals surface area contributed by atoms with Crippen molar-refractivity contribution in [1.82, 2.24) is 0 Å². The molecule has 2 aromatic carbocycles. The molecule has 0 unspecified atom stereocenters. The van der Waals surface area contributed by atoms with E-state index in [1.54, 1.807) is 31.4 Å². The molecule has 0 aliphatic heterocycles. The maximum absolute atomic E-state index is 12.2. The lowest BCUT2D eigenvalue weighted by Crippen LogP contribution is -2.07. The standard InChI is InChI=1S/C23H14O7/c1-26-18-5-2-4-13-10-20(30-22(13)18)16-12-21(24)29-17-8-7-14(11-15(16)17)28-23(25)19-6-3-9-27-19/h2-12H,1H3. The Labute approximate surface area is 169 Å². The normalized spacial score (nSPS) is 11.1. The van der Waals surface area contributed by atoms with Gasteiger partial charge in [-0.3, -0.25) is 0 Å². The maximum Gasteiger partial charge on any atom is 0.379 e. The Balaban J connectivity index is 1.64. The highest BCUT2D eigenvalue weighted by Gasteiger charge is 2.17. The van der Waals surface area contributed by atoms with E-state index in [-0.39, 0.29) is 11.5 Å². The number of furan rings is 2. The summed E-state index contributed by atoms with van der Waals surface area (Å²) in [6, 6.07) is 16.5. The van der Waals surface area contributed by atoms with Crippen LogP contribution in [0.2, 0.25) is 0 Å². The van der Waals surface area contributed by atoms with Crippen LogP contribution in [-0.2, 0) is 0 Å². The first-order valence-electron chi connectivity index (χ1n) is 9.03. The predicted octanol–water partition coefficient (Wildman–Crippen LogP) is 5.03. The summed E-state index contributed by atoms with van der Waals surface area (Å²) < 4.78 is 27.1. The molecule has 7 nitrogen and oxygen atoms in total. The van der Waals surface area contributed by atoms with Crippen molar-refractivity contribution in [3.63, 3.8) is 0 Å². The topological polar surface area (TPSA) is 92.0 Å². The van der Waals surface area contributed by atoms with E-state index in [4.69, 9.17) is 22.7 Å². The zero-order valence-corrected chi connectivity index (χ0v) is 15.7. The second kappa shape index (κ2) is 6.97. The zero-order valence-electron chi connectivity index (χ0n) is 15.7. The van der Waals surface area contributed by atoms with Crippen LogP contribution in [0.3, 0.4) is 0 Å². The van der Waals surface area contributed by atoms with Crippen molar-refractivity contribution < 1.29 is 27.5 Å². The molecule has 3 heterocycles. The van der Waals surface area contributed by atoms with Gasteiger partial charge >= 0.3 is 11.6 Å². The molecule has 148 valence electrons. The summed E-state index contributed by atoms with van der Waals surface area (Å²) in [5.74, 6) is 0.764. The van der Waals surface area contributed by atoms with Crippen molar-refractivity contribution in [2.45, 2.75) is 0 Å². The van der Waals surface area contributed by atoms with Gasteiger partial charge in [-0.05, 0) is 42.5 Å². The van der Waals surface area contributed by atoms with Crippen LogP contribution >= 0.6 is 0 Å². The molecule has 3 aromatic heterocycles. The highest BCUT2D eigenvalue weighted by Crippen LogP contribution is 2.36. The van der Waals surface area contributed by atoms with Crippen LogP contribution in [0.25, 0.3) is 33.3 Å². The van der Waals surface area contributed by atoms with Gasteiger partial charge < -0.3 is 22.7 Å². The molecule has 0 aliphatic rings. The van der Waals surface area contributed by atoms with Crippen LogP contribution in [0, 0.1) is 0 Å². The third kappa shape index (κ3) is 3.02. The average Bonchev–Trinajstić information content (AvgIpc) is 3.43. The Morgan fingerprint density at radius 3 is 2.67 bits per heavy atom. The number of esters is 1. The number of carbonyl (C=O) groups excluding carboxylic acids is 1. The van der Waals surface area contributed by atoms with Crippen molar-refractivity contribution in [2.24, 2.45) is 0 Å². The predicted molar refractivity (Wildman–Crippen MR) is 108 cm³/mol. The van der Waals surface area contributed by atoms with E-state index in [2.05, 4.69) is 0 Å². The fourth-order valence-electron chi connectivity index (χ4n) is 3.29. The summed E-state index contributed by atoms with van der Waals surface area (Å²) in [5.41, 5.74) is 0.889. The first-order chi connectivity index (χ1) is 14.6. The summed E-state index contributed by atoms with van der Waals surface area (Å²) >= 11 is 0. The van der Waals surface area contributed by atoms with Gasteiger partial charge in [-0.25, -0.2) is 9.59 Å². The van der Waals surface area contributed by atoms with E-state index < -0.39 is 11.6 Å². The van der Waals surface area contributed by atoms with E-state index >= 15 is 0 Å². The van der Waals surface area contributed by atoms with Gasteiger partial charge in [0.15, 0.2) is 11.3 Å². The average molecular weight is 402 g/mol. The molecule has 0 spiro atoms. The number of hydrogen-bond donors (Lipinski definition) is 0. The third-order valence-corrected chi connectivity index (χ3v) is 4.64. The fourth-order valence-corrected chi connectivity index (χ4v) is 3.29. The maximum atomic E-state index is 12.2. The molecule has 30 heavy (non-hydrogen) atoms. The van der Waals surface area contributed by atoms with Crippen LogP contribution in [0.1, 0.15) is 10.6 Å². The van der Waals surface area contributed by atoms with Gasteiger partial charge in [0.2, 0.25) is 5.76 Å². The minimum Gasteiger partial charge on any atom is -0.493 e. The monoisotopic (exact) mass is 402 g/mol. The lowest BCUT2D eigenvalue weighted by molar-refractivity contribution is 0.0701. The number of para-hydroxylation sites is 1. The first-order valence-corrected chi connectivity index (χ1v) is 9.03. The Bertz CT molecular complexity index is 1440. The van der Waals surface area contributed by atoms with Crippen LogP contribution < -0.4 is 15.1 Å². The van der Waals surface area contributed by atoms with Gasteiger partial charge in [0.25, 0.3) is 0 Å². The fraction of sp³-hybridized carbons (Fsp3) is 0.0435. The number of methoxy groups -OCH3 is 1. The molecule has 0 radical (unpaired) electrons. The van der Waals surface area contributed by atoms with Gasteiger partial charge in [-0.1, -0.05) is 12.1 Å². The number of benzene rings is 2. The Morgan fingerprint density at radius 1 is 0.967 bits per heavy atom. The van der Waals surface area contributed by atoms with E-state index in [1.807, 2.05) is 18.2 Å². The lowest BCUT2D eigenvalue weighted by atomic mass is 10.1. The van der Waals surface area contributed by atoms with E-state index in [0.717, 1.165) is 5.39 Å². The summed E-state index contributed by atoms with van der Waals surface area (Å²) in [6.45, 7) is 0. The van der Waals surface area contributed by atoms with Crippen LogP contribution in [0.5, 0.6) is 11.5 Å². The first kappa shape index (κ1) is 17.8. The lowest BCUT2D eigenvalue weighted by Gasteiger charge is -2.06. The minimum atomic E-state index is -0.633. The Hall–Kier alpha value is -4.26. The quantitative estimate of drug-likeness (QED) is 0.237. The van der Waals surface area contributed by atoms with Gasteiger partial charge in [0.1, 0.15) is 17.1 Å². The minimum absolute atomic E-state index is 0.0827. The molecular weight excluding hydrogens is 388 g/mol. The van der Waals surface area contributed by atoms with Crippen molar-refractivity contribution in [2.75, 3.05) is 7.11 Å². The zero-order chi connectivity index (χ0) is 20.7. The molecule has 0 amide bonds. The summed E-state index contributed by atoms with van der Waals surface area (Å²) in [5, 5.41) is 1.38. The smallest absolute Gasteiger partial charge is 0.379 e. The van der Waals surface area contributed by atoms with Gasteiger partial charge in [-0.2, -0.15) is 0 Å². The number of carbonyl (C=O) groups is 1. The van der Waals surface area contributed by atoms with Crippen LogP contribution in [-0.4, -0.2) is 13.1 Å². The van der Waals surface area contributed by atoms with Crippen molar-refractivity contribution in [3.8, 4) is 22.8 Å². The molecule has 0 N–H and O–H groups in total. The van der Waals surface area contributed by atoms with Crippen molar-refractivity contribution >= 4 is 27.9 Å². The highest BCUT2D eigenvalue weighted by molar-refractivity contribution is 5.97. The largest absolute Gasteiger partial charge is 0.493 e. The summed E-state index contributed by atoms with van der Waals surface area (Å²) in [6.07, 6.45) is 1.39. The molecule has 7 heteroatoms. The Morgan fingerprint density at radius 2 is 1.87 bits per heavy atom. The van der Waals surface area contributed by atoms with E-state index in [9.17, 15) is 9.59 Å². The number of ether oxygens (including phenoxy) is 2. The number of fused-ring (bicyclic) bond motifs is 2. The highest BCUT2D eigenvalue weighted by atomic mass is 16.5. The number of hydrogen-bond acceptors (Lipinski definition) is 7. The van der Waals surface area contributed by atoms with Crippen LogP contribution in [0.15, 0.2) is 85.0 Å². The molecule has 0 atom stereocenters. The third-order valence-electron chi connectivity index (χ3n) is 4.64. The molecular formula is C23H14O7. The second-order valence-electron chi connectivity index (χ2n) is 6.49. The molecule has 5 rings (SSSR count). The molecule has 5 aromatic rings. The summed E-state index contributed by atoms with van der Waals surface area (Å²) in [4.78, 5) is 24.3. The van der Waals surface area contributed by atoms with Gasteiger partial charge in [0, 0.05) is 22.4 Å². The Kier molecular flexibility index (Phi) is 4.14.